The summed E-state index contributed by atoms with van der Waals surface area (Å²) in [6.45, 7) is 8.92. The summed E-state index contributed by atoms with van der Waals surface area (Å²) in [5, 5.41) is 43.2. The topological polar surface area (TPSA) is 154 Å². The molecule has 0 fully saturated rings. The Morgan fingerprint density at radius 2 is 1.67 bits per heavy atom. The highest BCUT2D eigenvalue weighted by atomic mass is 19.1. The van der Waals surface area contributed by atoms with E-state index in [0.29, 0.717) is 34.0 Å². The fourth-order valence-electron chi connectivity index (χ4n) is 7.71. The number of aromatic hydroxyl groups is 2. The lowest BCUT2D eigenvalue weighted by molar-refractivity contribution is 0.444. The van der Waals surface area contributed by atoms with Crippen molar-refractivity contribution in [2.24, 2.45) is 14.1 Å². The van der Waals surface area contributed by atoms with Gasteiger partial charge >= 0.3 is 0 Å². The molecule has 0 saturated heterocycles. The monoisotopic (exact) mass is 770 g/mol. The van der Waals surface area contributed by atoms with E-state index in [2.05, 4.69) is 66.6 Å². The van der Waals surface area contributed by atoms with E-state index in [1.54, 1.807) is 29.9 Å². The van der Waals surface area contributed by atoms with E-state index in [0.717, 1.165) is 34.6 Å². The van der Waals surface area contributed by atoms with Crippen LogP contribution in [0.3, 0.4) is 0 Å². The number of anilines is 1. The van der Waals surface area contributed by atoms with E-state index in [-0.39, 0.29) is 34.2 Å². The molecule has 15 heteroatoms. The zero-order valence-corrected chi connectivity index (χ0v) is 32.1. The average molecular weight is 771 g/mol. The van der Waals surface area contributed by atoms with Gasteiger partial charge in [-0.05, 0) is 85.5 Å². The van der Waals surface area contributed by atoms with Gasteiger partial charge in [0.2, 0.25) is 0 Å². The van der Waals surface area contributed by atoms with Crippen LogP contribution < -0.4 is 10.9 Å². The van der Waals surface area contributed by atoms with Crippen LogP contribution in [0.25, 0.3) is 38.8 Å². The minimum absolute atomic E-state index is 0.0197. The second kappa shape index (κ2) is 14.3. The molecule has 8 aromatic rings. The summed E-state index contributed by atoms with van der Waals surface area (Å²) in [5.74, 6) is 0.763. The van der Waals surface area contributed by atoms with Crippen LogP contribution in [-0.2, 0) is 20.6 Å². The number of phenols is 2. The van der Waals surface area contributed by atoms with Gasteiger partial charge in [0.15, 0.2) is 5.82 Å². The Morgan fingerprint density at radius 3 is 2.37 bits per heavy atom. The highest BCUT2D eigenvalue weighted by molar-refractivity contribution is 5.97. The molecule has 0 bridgehead atoms. The molecule has 1 aliphatic rings. The summed E-state index contributed by atoms with van der Waals surface area (Å²) < 4.78 is 34.8. The SMILES string of the molecule is CCn1ccc2cc(-n3c(C)nnc3-c3cc(C(C)C)c(O)cc3O)ccc21.Cn1ncnc1[C@H]1c2nn(C)c(=O)c3cc(F)cc(c23)N[C@@H]1c1ccc(F)cc1. The smallest absolute Gasteiger partial charge is 0.274 e. The van der Waals surface area contributed by atoms with Crippen LogP contribution in [0, 0.1) is 18.6 Å². The van der Waals surface area contributed by atoms with Crippen molar-refractivity contribution >= 4 is 27.4 Å². The Hall–Kier alpha value is -6.90. The highest BCUT2D eigenvalue weighted by Gasteiger charge is 2.38. The van der Waals surface area contributed by atoms with E-state index in [4.69, 9.17) is 0 Å². The zero-order valence-electron chi connectivity index (χ0n) is 32.1. The normalized spacial score (nSPS) is 14.9. The molecule has 0 unspecified atom stereocenters. The molecule has 13 nitrogen and oxygen atoms in total. The molecule has 5 heterocycles. The summed E-state index contributed by atoms with van der Waals surface area (Å²) in [5.41, 5.74) is 4.85. The van der Waals surface area contributed by atoms with Gasteiger partial charge in [-0.2, -0.15) is 10.2 Å². The number of fused-ring (bicyclic) bond motifs is 1. The van der Waals surface area contributed by atoms with Crippen LogP contribution in [0.15, 0.2) is 90.1 Å². The fourth-order valence-corrected chi connectivity index (χ4v) is 7.71. The summed E-state index contributed by atoms with van der Waals surface area (Å²) in [6.07, 6.45) is 3.52. The molecule has 0 spiro atoms. The molecule has 4 aromatic carbocycles. The molecule has 0 saturated carbocycles. The Morgan fingerprint density at radius 1 is 0.895 bits per heavy atom. The number of aryl methyl sites for hydroxylation is 4. The van der Waals surface area contributed by atoms with Crippen molar-refractivity contribution in [1.82, 2.24) is 43.9 Å². The quantitative estimate of drug-likeness (QED) is 0.157. The van der Waals surface area contributed by atoms with Crippen LogP contribution in [0.2, 0.25) is 0 Å². The molecule has 0 aliphatic carbocycles. The van der Waals surface area contributed by atoms with Crippen LogP contribution in [0.4, 0.5) is 14.5 Å². The van der Waals surface area contributed by atoms with Crippen LogP contribution in [0.5, 0.6) is 11.5 Å². The first-order valence-electron chi connectivity index (χ1n) is 18.5. The van der Waals surface area contributed by atoms with Gasteiger partial charge < -0.3 is 20.1 Å². The van der Waals surface area contributed by atoms with Crippen LogP contribution >= 0.6 is 0 Å². The summed E-state index contributed by atoms with van der Waals surface area (Å²) >= 11 is 0. The third-order valence-corrected chi connectivity index (χ3v) is 10.5. The number of rotatable bonds is 6. The first-order chi connectivity index (χ1) is 27.3. The number of hydrogen-bond donors (Lipinski definition) is 3. The maximum atomic E-state index is 14.3. The fraction of sp³-hybridized carbons (Fsp3) is 0.238. The summed E-state index contributed by atoms with van der Waals surface area (Å²) in [4.78, 5) is 17.0. The molecule has 290 valence electrons. The average Bonchev–Trinajstić information content (AvgIpc) is 3.91. The molecule has 9 rings (SSSR count). The lowest BCUT2D eigenvalue weighted by Gasteiger charge is -2.34. The largest absolute Gasteiger partial charge is 0.508 e. The van der Waals surface area contributed by atoms with E-state index < -0.39 is 17.8 Å². The number of hydrogen-bond acceptors (Lipinski definition) is 9. The van der Waals surface area contributed by atoms with Gasteiger partial charge in [0, 0.05) is 60.6 Å². The number of aromatic nitrogens is 9. The zero-order chi connectivity index (χ0) is 40.3. The molecular weight excluding hydrogens is 731 g/mol. The number of nitrogens with one attached hydrogen (secondary N) is 1. The van der Waals surface area contributed by atoms with E-state index >= 15 is 0 Å². The third kappa shape index (κ3) is 6.44. The Bertz CT molecular complexity index is 2870. The molecule has 4 aromatic heterocycles. The predicted molar refractivity (Wildman–Crippen MR) is 213 cm³/mol. The van der Waals surface area contributed by atoms with Gasteiger partial charge in [-0.1, -0.05) is 26.0 Å². The minimum Gasteiger partial charge on any atom is -0.508 e. The van der Waals surface area contributed by atoms with Gasteiger partial charge in [-0.15, -0.1) is 10.2 Å². The molecule has 57 heavy (non-hydrogen) atoms. The second-order valence-corrected chi connectivity index (χ2v) is 14.4. The third-order valence-electron chi connectivity index (χ3n) is 10.5. The number of benzene rings is 4. The van der Waals surface area contributed by atoms with Gasteiger partial charge in [0.1, 0.15) is 41.1 Å². The van der Waals surface area contributed by atoms with Gasteiger partial charge in [0.05, 0.1) is 28.6 Å². The highest BCUT2D eigenvalue weighted by Crippen LogP contribution is 2.46. The van der Waals surface area contributed by atoms with E-state index in [1.807, 2.05) is 31.4 Å². The molecule has 2 atom stereocenters. The number of nitrogens with zero attached hydrogens (tertiary/aromatic N) is 9. The molecule has 3 N–H and O–H groups in total. The number of halogens is 2. The van der Waals surface area contributed by atoms with Crippen LogP contribution in [0.1, 0.15) is 67.1 Å². The van der Waals surface area contributed by atoms with Crippen molar-refractivity contribution in [3.63, 3.8) is 0 Å². The van der Waals surface area contributed by atoms with Crippen LogP contribution in [-0.4, -0.2) is 54.1 Å². The first kappa shape index (κ1) is 37.0. The Kier molecular flexibility index (Phi) is 9.30. The molecule has 0 amide bonds. The lowest BCUT2D eigenvalue weighted by atomic mass is 9.83. The van der Waals surface area contributed by atoms with Crippen molar-refractivity contribution in [3.8, 4) is 28.6 Å². The Balaban J connectivity index is 0.000000160. The standard InChI is InChI=1S/C22H24N4O2.C20H16F2N6O/c1-5-25-9-8-15-10-16(6-7-19(15)25)26-14(4)23-24-22(26)18-11-17(13(2)3)20(27)12-21(18)28;1-27-19(23-9-24-27)16-17(10-3-5-11(21)6-4-10)25-14-8-12(22)7-13-15(14)18(16)26-28(2)20(13)29/h6-13,27-28H,5H2,1-4H3;3-9,16-17,25H,1-2H3/t;16-,17-/m.1/s1. The summed E-state index contributed by atoms with van der Waals surface area (Å²) in [7, 11) is 3.30. The summed E-state index contributed by atoms with van der Waals surface area (Å²) in [6, 6.07) is 19.7. The molecule has 1 aliphatic heterocycles. The molecule has 0 radical (unpaired) electrons. The molecular formula is C42H40F2N10O3. The lowest BCUT2D eigenvalue weighted by Crippen LogP contribution is -2.32. The van der Waals surface area contributed by atoms with E-state index in [1.165, 1.54) is 53.9 Å². The van der Waals surface area contributed by atoms with Gasteiger partial charge in [0.25, 0.3) is 5.56 Å². The first-order valence-corrected chi connectivity index (χ1v) is 18.5. The maximum absolute atomic E-state index is 14.3. The minimum atomic E-state index is -0.524. The van der Waals surface area contributed by atoms with Crippen molar-refractivity contribution in [1.29, 1.82) is 0 Å². The van der Waals surface area contributed by atoms with Crippen molar-refractivity contribution < 1.29 is 19.0 Å². The maximum Gasteiger partial charge on any atom is 0.274 e. The second-order valence-electron chi connectivity index (χ2n) is 14.4. The van der Waals surface area contributed by atoms with Crippen molar-refractivity contribution in [3.05, 3.63) is 136 Å². The van der Waals surface area contributed by atoms with Crippen molar-refractivity contribution in [2.45, 2.75) is 52.1 Å². The predicted octanol–water partition coefficient (Wildman–Crippen LogP) is 7.39. The Labute approximate surface area is 325 Å². The van der Waals surface area contributed by atoms with Gasteiger partial charge in [-0.3, -0.25) is 14.0 Å². The van der Waals surface area contributed by atoms with Gasteiger partial charge in [-0.25, -0.2) is 18.4 Å². The van der Waals surface area contributed by atoms with Crippen molar-refractivity contribution in [2.75, 3.05) is 5.32 Å². The number of phenolic OH excluding ortho intramolecular Hbond substituents is 2. The van der Waals surface area contributed by atoms with E-state index in [9.17, 15) is 23.8 Å².